The summed E-state index contributed by atoms with van der Waals surface area (Å²) in [6.07, 6.45) is 1.79. The Balaban J connectivity index is 1.94. The number of aryl methyl sites for hydroxylation is 2. The maximum Gasteiger partial charge on any atom is 0.221 e. The van der Waals surface area contributed by atoms with E-state index in [9.17, 15) is 4.79 Å². The average molecular weight is 367 g/mol. The number of H-pyrrole nitrogens is 1. The number of aromatic nitrogens is 2. The summed E-state index contributed by atoms with van der Waals surface area (Å²) < 4.78 is 1.85. The van der Waals surface area contributed by atoms with E-state index in [1.807, 2.05) is 35.9 Å². The van der Waals surface area contributed by atoms with Crippen LogP contribution in [0.3, 0.4) is 0 Å². The van der Waals surface area contributed by atoms with Gasteiger partial charge in [-0.05, 0) is 37.6 Å². The molecule has 1 aromatic carbocycles. The van der Waals surface area contributed by atoms with Gasteiger partial charge in [0.15, 0.2) is 0 Å². The minimum absolute atomic E-state index is 0.0868. The van der Waals surface area contributed by atoms with Crippen LogP contribution in [0.1, 0.15) is 23.9 Å². The van der Waals surface area contributed by atoms with Crippen LogP contribution < -0.4 is 10.1 Å². The number of carbonyl (C=O) groups excluding carboxylic acids is 1. The number of nitrogens with one attached hydrogen (secondary N) is 2. The van der Waals surface area contributed by atoms with Gasteiger partial charge in [-0.2, -0.15) is 5.10 Å². The Morgan fingerprint density at radius 3 is 2.58 bits per heavy atom. The molecule has 2 heterocycles. The fourth-order valence-electron chi connectivity index (χ4n) is 2.72. The van der Waals surface area contributed by atoms with Gasteiger partial charge in [-0.25, -0.2) is 4.68 Å². The fourth-order valence-corrected chi connectivity index (χ4v) is 3.51. The van der Waals surface area contributed by atoms with Crippen LogP contribution in [0.2, 0.25) is 0 Å². The molecule has 0 saturated heterocycles. The molecular formula is C19H21N5OS. The van der Waals surface area contributed by atoms with Gasteiger partial charge in [0, 0.05) is 42.0 Å². The Kier molecular flexibility index (Phi) is 5.18. The second kappa shape index (κ2) is 7.53. The fraction of sp³-hybridized carbons (Fsp3) is 0.211. The zero-order valence-corrected chi connectivity index (χ0v) is 16.0. The van der Waals surface area contributed by atoms with Gasteiger partial charge in [0.05, 0.1) is 11.9 Å². The van der Waals surface area contributed by atoms with Crippen LogP contribution in [0.15, 0.2) is 45.8 Å². The van der Waals surface area contributed by atoms with Crippen LogP contribution >= 0.6 is 11.3 Å². The summed E-state index contributed by atoms with van der Waals surface area (Å²) in [5.41, 5.74) is 6.04. The van der Waals surface area contributed by atoms with Crippen molar-refractivity contribution in [3.8, 4) is 11.3 Å². The van der Waals surface area contributed by atoms with Crippen LogP contribution in [0.25, 0.3) is 11.3 Å². The van der Waals surface area contributed by atoms with E-state index in [4.69, 9.17) is 0 Å². The SMILES string of the molecule is CN=c1scc(-c2cc(C)[nH]c2C)n1N=Cc1ccc(NC(C)=O)cc1. The number of anilines is 1. The summed E-state index contributed by atoms with van der Waals surface area (Å²) >= 11 is 1.55. The number of rotatable bonds is 4. The Labute approximate surface area is 155 Å². The topological polar surface area (TPSA) is 74.5 Å². The molecule has 3 aromatic rings. The molecule has 0 fully saturated rings. The van der Waals surface area contributed by atoms with Crippen LogP contribution in [0.5, 0.6) is 0 Å². The third-order valence-corrected chi connectivity index (χ3v) is 4.76. The van der Waals surface area contributed by atoms with E-state index in [-0.39, 0.29) is 5.91 Å². The number of nitrogens with zero attached hydrogens (tertiary/aromatic N) is 3. The lowest BCUT2D eigenvalue weighted by molar-refractivity contribution is -0.114. The summed E-state index contributed by atoms with van der Waals surface area (Å²) in [6.45, 7) is 5.58. The molecule has 0 saturated carbocycles. The van der Waals surface area contributed by atoms with Crippen LogP contribution in [-0.2, 0) is 4.79 Å². The van der Waals surface area contributed by atoms with Crippen molar-refractivity contribution in [2.24, 2.45) is 10.1 Å². The first kappa shape index (κ1) is 17.9. The highest BCUT2D eigenvalue weighted by molar-refractivity contribution is 7.07. The normalized spacial score (nSPS) is 12.1. The van der Waals surface area contributed by atoms with Crippen molar-refractivity contribution in [1.29, 1.82) is 0 Å². The van der Waals surface area contributed by atoms with E-state index < -0.39 is 0 Å². The highest BCUT2D eigenvalue weighted by atomic mass is 32.1. The predicted octanol–water partition coefficient (Wildman–Crippen LogP) is 3.53. The molecule has 2 aromatic heterocycles. The molecule has 26 heavy (non-hydrogen) atoms. The molecule has 0 aliphatic carbocycles. The molecule has 0 aliphatic heterocycles. The Morgan fingerprint density at radius 1 is 1.27 bits per heavy atom. The van der Waals surface area contributed by atoms with Gasteiger partial charge in [-0.15, -0.1) is 11.3 Å². The molecule has 3 rings (SSSR count). The van der Waals surface area contributed by atoms with E-state index in [1.54, 1.807) is 24.6 Å². The second-order valence-electron chi connectivity index (χ2n) is 5.98. The maximum atomic E-state index is 11.1. The largest absolute Gasteiger partial charge is 0.362 e. The zero-order valence-electron chi connectivity index (χ0n) is 15.2. The summed E-state index contributed by atoms with van der Waals surface area (Å²) in [7, 11) is 1.76. The molecule has 0 atom stereocenters. The molecule has 0 spiro atoms. The first-order valence-electron chi connectivity index (χ1n) is 8.20. The molecule has 134 valence electrons. The van der Waals surface area contributed by atoms with Gasteiger partial charge in [-0.1, -0.05) is 12.1 Å². The smallest absolute Gasteiger partial charge is 0.221 e. The number of carbonyl (C=O) groups is 1. The number of hydrogen-bond acceptors (Lipinski definition) is 4. The van der Waals surface area contributed by atoms with Crippen LogP contribution in [0.4, 0.5) is 5.69 Å². The van der Waals surface area contributed by atoms with Gasteiger partial charge >= 0.3 is 0 Å². The number of amides is 1. The number of thiazole rings is 1. The molecule has 0 radical (unpaired) electrons. The van der Waals surface area contributed by atoms with E-state index >= 15 is 0 Å². The lowest BCUT2D eigenvalue weighted by atomic mass is 10.2. The minimum Gasteiger partial charge on any atom is -0.362 e. The Bertz CT molecular complexity index is 1020. The van der Waals surface area contributed by atoms with Crippen molar-refractivity contribution in [2.45, 2.75) is 20.8 Å². The zero-order chi connectivity index (χ0) is 18.7. The lowest BCUT2D eigenvalue weighted by Crippen LogP contribution is -2.11. The van der Waals surface area contributed by atoms with Crippen molar-refractivity contribution in [3.05, 3.63) is 57.5 Å². The van der Waals surface area contributed by atoms with E-state index in [1.165, 1.54) is 6.92 Å². The van der Waals surface area contributed by atoms with E-state index in [0.29, 0.717) is 0 Å². The molecule has 1 amide bonds. The first-order chi connectivity index (χ1) is 12.5. The van der Waals surface area contributed by atoms with Crippen molar-refractivity contribution in [2.75, 3.05) is 12.4 Å². The van der Waals surface area contributed by atoms with Crippen molar-refractivity contribution >= 4 is 29.1 Å². The quantitative estimate of drug-likeness (QED) is 0.680. The summed E-state index contributed by atoms with van der Waals surface area (Å²) in [5.74, 6) is -0.0868. The van der Waals surface area contributed by atoms with E-state index in [2.05, 4.69) is 38.8 Å². The molecule has 6 nitrogen and oxygen atoms in total. The molecule has 7 heteroatoms. The van der Waals surface area contributed by atoms with Crippen molar-refractivity contribution in [1.82, 2.24) is 9.66 Å². The first-order valence-corrected chi connectivity index (χ1v) is 9.08. The second-order valence-corrected chi connectivity index (χ2v) is 6.81. The molecular weight excluding hydrogens is 346 g/mol. The van der Waals surface area contributed by atoms with Crippen LogP contribution in [-0.4, -0.2) is 28.8 Å². The van der Waals surface area contributed by atoms with Gasteiger partial charge < -0.3 is 10.3 Å². The monoisotopic (exact) mass is 367 g/mol. The third kappa shape index (κ3) is 3.83. The molecule has 0 bridgehead atoms. The summed E-state index contributed by atoms with van der Waals surface area (Å²) in [5, 5.41) is 9.45. The molecule has 2 N–H and O–H groups in total. The van der Waals surface area contributed by atoms with Crippen molar-refractivity contribution < 1.29 is 4.79 Å². The number of hydrogen-bond donors (Lipinski definition) is 2. The number of benzene rings is 1. The minimum atomic E-state index is -0.0868. The van der Waals surface area contributed by atoms with E-state index in [0.717, 1.165) is 38.7 Å². The number of aromatic amines is 1. The lowest BCUT2D eigenvalue weighted by Gasteiger charge is -2.04. The third-order valence-electron chi connectivity index (χ3n) is 3.86. The highest BCUT2D eigenvalue weighted by Crippen LogP contribution is 2.24. The van der Waals surface area contributed by atoms with Crippen molar-refractivity contribution in [3.63, 3.8) is 0 Å². The molecule has 0 unspecified atom stereocenters. The van der Waals surface area contributed by atoms with Gasteiger partial charge in [0.1, 0.15) is 0 Å². The molecule has 0 aliphatic rings. The maximum absolute atomic E-state index is 11.1. The van der Waals surface area contributed by atoms with Crippen LogP contribution in [0, 0.1) is 13.8 Å². The Hall–Kier alpha value is -2.93. The summed E-state index contributed by atoms with van der Waals surface area (Å²) in [4.78, 5) is 19.6. The van der Waals surface area contributed by atoms with Gasteiger partial charge in [-0.3, -0.25) is 9.79 Å². The highest BCUT2D eigenvalue weighted by Gasteiger charge is 2.11. The standard InChI is InChI=1S/C19H21N5OS/c1-12-9-17(13(2)22-12)18-11-26-19(20-4)24(18)21-10-15-5-7-16(8-6-15)23-14(3)25/h5-11,22H,1-4H3,(H,23,25). The van der Waals surface area contributed by atoms with Gasteiger partial charge in [0.25, 0.3) is 0 Å². The summed E-state index contributed by atoms with van der Waals surface area (Å²) in [6, 6.07) is 9.65. The predicted molar refractivity (Wildman–Crippen MR) is 107 cm³/mol. The average Bonchev–Trinajstić information content (AvgIpc) is 3.15. The Morgan fingerprint density at radius 2 is 2.00 bits per heavy atom. The van der Waals surface area contributed by atoms with Gasteiger partial charge in [0.2, 0.25) is 10.7 Å².